The van der Waals surface area contributed by atoms with E-state index in [0.717, 1.165) is 11.3 Å². The van der Waals surface area contributed by atoms with Crippen LogP contribution in [0, 0.1) is 0 Å². The second-order valence-corrected chi connectivity index (χ2v) is 6.67. The molecule has 0 saturated carbocycles. The Bertz CT molecular complexity index is 1120. The van der Waals surface area contributed by atoms with Gasteiger partial charge in [-0.3, -0.25) is 9.78 Å². The Morgan fingerprint density at radius 1 is 1.11 bits per heavy atom. The Balaban J connectivity index is 1.62. The van der Waals surface area contributed by atoms with Crippen LogP contribution in [-0.2, 0) is 7.05 Å². The molecule has 140 valence electrons. The monoisotopic (exact) mass is 392 g/mol. The van der Waals surface area contributed by atoms with E-state index in [1.54, 1.807) is 48.0 Å². The van der Waals surface area contributed by atoms with Crippen molar-refractivity contribution in [2.75, 3.05) is 11.9 Å². The van der Waals surface area contributed by atoms with Gasteiger partial charge >= 0.3 is 0 Å². The summed E-state index contributed by atoms with van der Waals surface area (Å²) in [5.74, 6) is 0.363. The predicted molar refractivity (Wildman–Crippen MR) is 108 cm³/mol. The van der Waals surface area contributed by atoms with Gasteiger partial charge < -0.3 is 9.47 Å². The highest BCUT2D eigenvalue weighted by molar-refractivity contribution is 6.30. The fourth-order valence-corrected chi connectivity index (χ4v) is 2.99. The highest BCUT2D eigenvalue weighted by Gasteiger charge is 2.20. The number of aromatic nitrogens is 5. The molecular formula is C20H17ClN6O. The molecule has 0 atom stereocenters. The molecular weight excluding hydrogens is 376 g/mol. The van der Waals surface area contributed by atoms with Crippen LogP contribution in [0.4, 0.5) is 5.69 Å². The maximum atomic E-state index is 12.9. The largest absolute Gasteiger partial charge is 0.309 e. The molecule has 7 nitrogen and oxygen atoms in total. The Labute approximate surface area is 166 Å². The van der Waals surface area contributed by atoms with Crippen LogP contribution in [0.2, 0.25) is 5.02 Å². The summed E-state index contributed by atoms with van der Waals surface area (Å²) in [5, 5.41) is 5.25. The number of anilines is 1. The summed E-state index contributed by atoms with van der Waals surface area (Å²) in [4.78, 5) is 22.8. The summed E-state index contributed by atoms with van der Waals surface area (Å²) in [6.07, 6.45) is 6.67. The van der Waals surface area contributed by atoms with Crippen molar-refractivity contribution in [2.24, 2.45) is 7.05 Å². The molecule has 0 aliphatic heterocycles. The van der Waals surface area contributed by atoms with Crippen molar-refractivity contribution in [2.45, 2.75) is 0 Å². The van der Waals surface area contributed by atoms with Crippen molar-refractivity contribution in [3.8, 4) is 17.2 Å². The molecule has 4 rings (SSSR count). The number of rotatable bonds is 4. The second kappa shape index (κ2) is 7.28. The minimum Gasteiger partial charge on any atom is -0.309 e. The van der Waals surface area contributed by atoms with E-state index in [1.165, 1.54) is 4.90 Å². The standard InChI is InChI=1S/C20H17ClN6O/c1-25(16-4-3-10-22-12-16)19(28)18-13-23-20(26(18)2)27-11-9-17(24-27)14-5-7-15(21)8-6-14/h3-13H,1-2H3. The first-order valence-corrected chi connectivity index (χ1v) is 8.94. The SMILES string of the molecule is CN(C(=O)c1cnc(-n2ccc(-c3ccc(Cl)cc3)n2)n1C)c1cccnc1. The number of carbonyl (C=O) groups is 1. The normalized spacial score (nSPS) is 10.8. The number of hydrogen-bond donors (Lipinski definition) is 0. The van der Waals surface area contributed by atoms with E-state index in [-0.39, 0.29) is 5.91 Å². The van der Waals surface area contributed by atoms with Gasteiger partial charge in [-0.25, -0.2) is 9.67 Å². The smallest absolute Gasteiger partial charge is 0.276 e. The van der Waals surface area contributed by atoms with Crippen molar-refractivity contribution < 1.29 is 4.79 Å². The van der Waals surface area contributed by atoms with Gasteiger partial charge in [0.1, 0.15) is 5.69 Å². The Hall–Kier alpha value is -3.45. The molecule has 0 bridgehead atoms. The number of imidazole rings is 1. The van der Waals surface area contributed by atoms with Gasteiger partial charge in [0.2, 0.25) is 5.95 Å². The first-order chi connectivity index (χ1) is 13.5. The first kappa shape index (κ1) is 17.9. The molecule has 3 aromatic heterocycles. The minimum atomic E-state index is -0.181. The zero-order chi connectivity index (χ0) is 19.7. The number of carbonyl (C=O) groups excluding carboxylic acids is 1. The zero-order valence-corrected chi connectivity index (χ0v) is 16.1. The van der Waals surface area contributed by atoms with Crippen LogP contribution >= 0.6 is 11.6 Å². The molecule has 1 aromatic carbocycles. The molecule has 0 N–H and O–H groups in total. The lowest BCUT2D eigenvalue weighted by atomic mass is 10.2. The van der Waals surface area contributed by atoms with Gasteiger partial charge in [0, 0.05) is 37.1 Å². The van der Waals surface area contributed by atoms with E-state index in [0.29, 0.717) is 22.4 Å². The van der Waals surface area contributed by atoms with E-state index in [4.69, 9.17) is 11.6 Å². The van der Waals surface area contributed by atoms with Crippen molar-refractivity contribution in [1.82, 2.24) is 24.3 Å². The van der Waals surface area contributed by atoms with Crippen molar-refractivity contribution in [3.05, 3.63) is 78.0 Å². The van der Waals surface area contributed by atoms with E-state index in [9.17, 15) is 4.79 Å². The number of halogens is 1. The van der Waals surface area contributed by atoms with Crippen LogP contribution in [0.5, 0.6) is 0 Å². The van der Waals surface area contributed by atoms with Crippen molar-refractivity contribution >= 4 is 23.2 Å². The van der Waals surface area contributed by atoms with Gasteiger partial charge in [0.15, 0.2) is 0 Å². The summed E-state index contributed by atoms with van der Waals surface area (Å²) < 4.78 is 3.36. The maximum Gasteiger partial charge on any atom is 0.276 e. The quantitative estimate of drug-likeness (QED) is 0.532. The van der Waals surface area contributed by atoms with E-state index in [1.807, 2.05) is 42.6 Å². The van der Waals surface area contributed by atoms with Gasteiger partial charge in [-0.2, -0.15) is 5.10 Å². The fraction of sp³-hybridized carbons (Fsp3) is 0.100. The van der Waals surface area contributed by atoms with Gasteiger partial charge in [-0.15, -0.1) is 0 Å². The molecule has 1 amide bonds. The van der Waals surface area contributed by atoms with Crippen LogP contribution in [-0.4, -0.2) is 37.3 Å². The molecule has 4 aromatic rings. The molecule has 0 aliphatic rings. The van der Waals surface area contributed by atoms with Crippen LogP contribution in [0.25, 0.3) is 17.2 Å². The zero-order valence-electron chi connectivity index (χ0n) is 15.3. The van der Waals surface area contributed by atoms with Gasteiger partial charge in [-0.05, 0) is 30.3 Å². The summed E-state index contributed by atoms with van der Waals surface area (Å²) in [7, 11) is 3.49. The van der Waals surface area contributed by atoms with Gasteiger partial charge in [-0.1, -0.05) is 23.7 Å². The summed E-state index contributed by atoms with van der Waals surface area (Å²) >= 11 is 5.94. The number of benzene rings is 1. The number of hydrogen-bond acceptors (Lipinski definition) is 4. The third-order valence-corrected chi connectivity index (χ3v) is 4.71. The third-order valence-electron chi connectivity index (χ3n) is 4.45. The molecule has 0 unspecified atom stereocenters. The summed E-state index contributed by atoms with van der Waals surface area (Å²) in [6.45, 7) is 0. The van der Waals surface area contributed by atoms with Crippen LogP contribution in [0.1, 0.15) is 10.5 Å². The van der Waals surface area contributed by atoms with Gasteiger partial charge in [0.25, 0.3) is 5.91 Å². The van der Waals surface area contributed by atoms with Crippen molar-refractivity contribution in [1.29, 1.82) is 0 Å². The average molecular weight is 393 g/mol. The van der Waals surface area contributed by atoms with E-state index >= 15 is 0 Å². The molecule has 3 heterocycles. The molecule has 0 aliphatic carbocycles. The number of amides is 1. The molecule has 0 spiro atoms. The summed E-state index contributed by atoms with van der Waals surface area (Å²) in [5.41, 5.74) is 2.90. The average Bonchev–Trinajstić information content (AvgIpc) is 3.35. The van der Waals surface area contributed by atoms with Crippen molar-refractivity contribution in [3.63, 3.8) is 0 Å². The second-order valence-electron chi connectivity index (χ2n) is 6.23. The Morgan fingerprint density at radius 3 is 2.61 bits per heavy atom. The maximum absolute atomic E-state index is 12.9. The van der Waals surface area contributed by atoms with E-state index in [2.05, 4.69) is 15.1 Å². The highest BCUT2D eigenvalue weighted by Crippen LogP contribution is 2.21. The third kappa shape index (κ3) is 3.27. The first-order valence-electron chi connectivity index (χ1n) is 8.56. The fourth-order valence-electron chi connectivity index (χ4n) is 2.86. The number of nitrogens with zero attached hydrogens (tertiary/aromatic N) is 6. The molecule has 0 saturated heterocycles. The van der Waals surface area contributed by atoms with Crippen LogP contribution in [0.3, 0.4) is 0 Å². The van der Waals surface area contributed by atoms with E-state index < -0.39 is 0 Å². The lowest BCUT2D eigenvalue weighted by Crippen LogP contribution is -2.28. The molecule has 0 radical (unpaired) electrons. The lowest BCUT2D eigenvalue weighted by Gasteiger charge is -2.16. The highest BCUT2D eigenvalue weighted by atomic mass is 35.5. The predicted octanol–water partition coefficient (Wildman–Crippen LogP) is 3.60. The van der Waals surface area contributed by atoms with Crippen LogP contribution < -0.4 is 4.90 Å². The summed E-state index contributed by atoms with van der Waals surface area (Å²) in [6, 6.07) is 13.0. The van der Waals surface area contributed by atoms with Crippen LogP contribution in [0.15, 0.2) is 67.3 Å². The Morgan fingerprint density at radius 2 is 1.89 bits per heavy atom. The molecule has 28 heavy (non-hydrogen) atoms. The minimum absolute atomic E-state index is 0.181. The Kier molecular flexibility index (Phi) is 4.67. The molecule has 0 fully saturated rings. The topological polar surface area (TPSA) is 68.8 Å². The molecule has 8 heteroatoms. The van der Waals surface area contributed by atoms with Gasteiger partial charge in [0.05, 0.1) is 23.8 Å². The number of pyridine rings is 1. The lowest BCUT2D eigenvalue weighted by molar-refractivity contribution is 0.0985.